The summed E-state index contributed by atoms with van der Waals surface area (Å²) in [4.78, 5) is 16.1. The molecule has 2 aromatic heterocycles. The van der Waals surface area contributed by atoms with Crippen molar-refractivity contribution in [1.29, 1.82) is 0 Å². The van der Waals surface area contributed by atoms with Crippen LogP contribution in [0.5, 0.6) is 0 Å². The molecule has 0 spiro atoms. The Morgan fingerprint density at radius 1 is 1.12 bits per heavy atom. The Bertz CT molecular complexity index is 1800. The average molecular weight is 605 g/mol. The molecule has 1 aliphatic rings. The molecule has 0 radical (unpaired) electrons. The monoisotopic (exact) mass is 604 g/mol. The first-order valence-corrected chi connectivity index (χ1v) is 15.4. The van der Waals surface area contributed by atoms with Crippen LogP contribution in [0.3, 0.4) is 0 Å². The van der Waals surface area contributed by atoms with Gasteiger partial charge in [0.2, 0.25) is 5.13 Å². The van der Waals surface area contributed by atoms with Gasteiger partial charge >= 0.3 is 5.97 Å². The summed E-state index contributed by atoms with van der Waals surface area (Å²) in [5, 5.41) is 21.8. The van der Waals surface area contributed by atoms with Crippen LogP contribution in [-0.2, 0) is 24.2 Å². The van der Waals surface area contributed by atoms with Crippen molar-refractivity contribution in [1.82, 2.24) is 14.8 Å². The predicted molar refractivity (Wildman–Crippen MR) is 158 cm³/mol. The molecule has 2 heterocycles. The maximum atomic E-state index is 15.3. The minimum atomic E-state index is -1.81. The number of nitrogens with zero attached hydrogens (tertiary/aromatic N) is 3. The van der Waals surface area contributed by atoms with Gasteiger partial charge in [0.1, 0.15) is 11.6 Å². The second-order valence-electron chi connectivity index (χ2n) is 10.4. The number of aromatic nitrogens is 3. The molecule has 1 aliphatic carbocycles. The zero-order valence-electron chi connectivity index (χ0n) is 22.5. The number of halogens is 2. The molecule has 11 heteroatoms. The number of carboxylic acids is 1. The highest BCUT2D eigenvalue weighted by Gasteiger charge is 2.30. The lowest BCUT2D eigenvalue weighted by molar-refractivity contribution is 0.0691. The molecule has 5 aromatic rings. The van der Waals surface area contributed by atoms with Crippen LogP contribution in [0.4, 0.5) is 8.78 Å². The van der Waals surface area contributed by atoms with E-state index in [0.717, 1.165) is 46.4 Å². The summed E-state index contributed by atoms with van der Waals surface area (Å²) in [6.07, 6.45) is 2.98. The number of nitrogens with two attached hydrogens (primary N) is 1. The molecule has 1 unspecified atom stereocenters. The van der Waals surface area contributed by atoms with Crippen LogP contribution in [0.2, 0.25) is 0 Å². The molecule has 6 rings (SSSR count). The molecule has 0 saturated heterocycles. The molecule has 214 valence electrons. The van der Waals surface area contributed by atoms with Gasteiger partial charge in [0.05, 0.1) is 22.7 Å². The molecular weight excluding hydrogens is 578 g/mol. The minimum absolute atomic E-state index is 0.0728. The van der Waals surface area contributed by atoms with Gasteiger partial charge in [-0.15, -0.1) is 16.5 Å². The summed E-state index contributed by atoms with van der Waals surface area (Å²) in [6.45, 7) is 1.97. The Hall–Kier alpha value is -3.90. The third kappa shape index (κ3) is 5.73. The first-order valence-electron chi connectivity index (χ1n) is 13.3. The van der Waals surface area contributed by atoms with E-state index in [0.29, 0.717) is 28.7 Å². The van der Waals surface area contributed by atoms with Crippen LogP contribution in [0.25, 0.3) is 27.5 Å². The molecule has 42 heavy (non-hydrogen) atoms. The van der Waals surface area contributed by atoms with E-state index in [1.54, 1.807) is 28.9 Å². The number of hydrogen-bond donors (Lipinski definition) is 2. The maximum absolute atomic E-state index is 15.3. The molecule has 0 bridgehead atoms. The first kappa shape index (κ1) is 28.2. The highest BCUT2D eigenvalue weighted by molar-refractivity contribution is 7.89. The van der Waals surface area contributed by atoms with Gasteiger partial charge in [-0.3, -0.25) is 0 Å². The van der Waals surface area contributed by atoms with Crippen LogP contribution in [0.1, 0.15) is 45.7 Å². The largest absolute Gasteiger partial charge is 0.593 e. The van der Waals surface area contributed by atoms with E-state index >= 15 is 4.39 Å². The number of benzene rings is 3. The van der Waals surface area contributed by atoms with Crippen molar-refractivity contribution in [3.05, 3.63) is 106 Å². The van der Waals surface area contributed by atoms with Gasteiger partial charge in [-0.1, -0.05) is 30.3 Å². The van der Waals surface area contributed by atoms with E-state index in [1.807, 2.05) is 25.1 Å². The van der Waals surface area contributed by atoms with Crippen molar-refractivity contribution >= 4 is 28.7 Å². The number of carboxylic acid groups (broad SMARTS) is 1. The lowest BCUT2D eigenvalue weighted by atomic mass is 9.93. The summed E-state index contributed by atoms with van der Waals surface area (Å²) in [5.41, 5.74) is 6.09. The molecule has 0 amide bonds. The second-order valence-corrected chi connectivity index (χ2v) is 12.3. The highest BCUT2D eigenvalue weighted by Crippen LogP contribution is 2.39. The number of carbonyl (C=O) groups is 1. The Morgan fingerprint density at radius 3 is 2.50 bits per heavy atom. The quantitative estimate of drug-likeness (QED) is 0.186. The third-order valence-electron chi connectivity index (χ3n) is 7.45. The fourth-order valence-electron chi connectivity index (χ4n) is 5.02. The Morgan fingerprint density at radius 2 is 1.86 bits per heavy atom. The van der Waals surface area contributed by atoms with Gasteiger partial charge in [0, 0.05) is 29.0 Å². The zero-order chi connectivity index (χ0) is 29.5. The van der Waals surface area contributed by atoms with Crippen molar-refractivity contribution in [2.45, 2.75) is 37.5 Å². The molecule has 1 saturated carbocycles. The van der Waals surface area contributed by atoms with Gasteiger partial charge in [0.25, 0.3) is 0 Å². The fraction of sp³-hybridized carbons (Fsp3) is 0.194. The van der Waals surface area contributed by atoms with Gasteiger partial charge in [-0.2, -0.15) is 5.10 Å². The summed E-state index contributed by atoms with van der Waals surface area (Å²) in [6, 6.07) is 16.5. The zero-order valence-corrected chi connectivity index (χ0v) is 24.1. The van der Waals surface area contributed by atoms with Crippen LogP contribution < -0.4 is 5.14 Å². The van der Waals surface area contributed by atoms with E-state index in [9.17, 15) is 18.8 Å². The first-order chi connectivity index (χ1) is 20.2. The highest BCUT2D eigenvalue weighted by atomic mass is 32.2. The van der Waals surface area contributed by atoms with E-state index in [-0.39, 0.29) is 22.8 Å². The van der Waals surface area contributed by atoms with Crippen LogP contribution in [0.15, 0.2) is 70.9 Å². The fourth-order valence-corrected chi connectivity index (χ4v) is 6.22. The molecule has 0 aliphatic heterocycles. The SMILES string of the molecule is Cc1ccc(-c2nn(-c3nc(C(=O)O)cs3)c(CC3CC3)c2Cc2ccc([S+](N)[O-])cc2F)cc1-c1ccc(F)cc1. The third-order valence-corrected chi connectivity index (χ3v) is 8.99. The molecule has 1 fully saturated rings. The van der Waals surface area contributed by atoms with Crippen molar-refractivity contribution in [2.24, 2.45) is 11.1 Å². The molecule has 1 atom stereocenters. The molecule has 3 N–H and O–H groups in total. The van der Waals surface area contributed by atoms with E-state index < -0.39 is 23.1 Å². The van der Waals surface area contributed by atoms with Crippen molar-refractivity contribution in [3.63, 3.8) is 0 Å². The number of aromatic carboxylic acids is 1. The molecule has 7 nitrogen and oxygen atoms in total. The number of hydrogen-bond acceptors (Lipinski definition) is 6. The van der Waals surface area contributed by atoms with Crippen molar-refractivity contribution in [3.8, 4) is 27.5 Å². The van der Waals surface area contributed by atoms with Gasteiger partial charge < -0.3 is 9.66 Å². The van der Waals surface area contributed by atoms with Crippen molar-refractivity contribution in [2.75, 3.05) is 0 Å². The van der Waals surface area contributed by atoms with Crippen LogP contribution >= 0.6 is 11.3 Å². The Balaban J connectivity index is 1.54. The molecular formula is C31H26F2N4O3S2. The number of aryl methyl sites for hydroxylation is 1. The molecule has 3 aromatic carbocycles. The maximum Gasteiger partial charge on any atom is 0.355 e. The van der Waals surface area contributed by atoms with E-state index in [1.165, 1.54) is 34.9 Å². The summed E-state index contributed by atoms with van der Waals surface area (Å²) in [5.74, 6) is -1.55. The Labute approximate surface area is 248 Å². The van der Waals surface area contributed by atoms with Crippen LogP contribution in [0, 0.1) is 24.5 Å². The number of thiazole rings is 1. The number of rotatable bonds is 9. The standard InChI is InChI=1S/C31H26F2N4O3S2/c1-17-2-5-21(14-24(17)19-6-9-22(32)10-7-19)29-25(13-20-8-11-23(42(34)40)15-26(20)33)28(12-18-3-4-18)37(36-29)31-35-27(16-41-31)30(38)39/h2,5-11,14-16,18H,3-4,12-13,34H2,1H3,(H,38,39). The van der Waals surface area contributed by atoms with Gasteiger partial charge in [-0.05, 0) is 78.6 Å². The van der Waals surface area contributed by atoms with Gasteiger partial charge in [-0.25, -0.2) is 23.2 Å². The van der Waals surface area contributed by atoms with Crippen molar-refractivity contribution < 1.29 is 23.2 Å². The second kappa shape index (κ2) is 11.4. The average Bonchev–Trinajstić information content (AvgIpc) is 3.52. The Kier molecular flexibility index (Phi) is 7.67. The summed E-state index contributed by atoms with van der Waals surface area (Å²) < 4.78 is 42.4. The van der Waals surface area contributed by atoms with E-state index in [4.69, 9.17) is 10.2 Å². The lowest BCUT2D eigenvalue weighted by Gasteiger charge is -2.12. The smallest absolute Gasteiger partial charge is 0.355 e. The predicted octanol–water partition coefficient (Wildman–Crippen LogP) is 6.47. The summed E-state index contributed by atoms with van der Waals surface area (Å²) >= 11 is -0.634. The van der Waals surface area contributed by atoms with Crippen LogP contribution in [-0.4, -0.2) is 30.4 Å². The lowest BCUT2D eigenvalue weighted by Crippen LogP contribution is -2.13. The normalized spacial score (nSPS) is 13.8. The summed E-state index contributed by atoms with van der Waals surface area (Å²) in [7, 11) is 0. The van der Waals surface area contributed by atoms with E-state index in [2.05, 4.69) is 4.98 Å². The topological polar surface area (TPSA) is 117 Å². The minimum Gasteiger partial charge on any atom is -0.593 e. The van der Waals surface area contributed by atoms with Gasteiger partial charge in [0.15, 0.2) is 10.6 Å².